The van der Waals surface area contributed by atoms with Crippen LogP contribution in [0, 0.1) is 11.7 Å². The van der Waals surface area contributed by atoms with E-state index in [1.54, 1.807) is 0 Å². The van der Waals surface area contributed by atoms with E-state index in [0.717, 1.165) is 18.3 Å². The predicted molar refractivity (Wildman–Crippen MR) is 115 cm³/mol. The second kappa shape index (κ2) is 10.1. The van der Waals surface area contributed by atoms with Gasteiger partial charge in [-0.2, -0.15) is 31.3 Å². The molecule has 1 amide bonds. The summed E-state index contributed by atoms with van der Waals surface area (Å²) in [6.45, 7) is 2.46. The molecule has 3 heterocycles. The Labute approximate surface area is 205 Å². The van der Waals surface area contributed by atoms with Crippen molar-refractivity contribution in [3.63, 3.8) is 0 Å². The third-order valence-electron chi connectivity index (χ3n) is 6.05. The van der Waals surface area contributed by atoms with Crippen LogP contribution in [0.15, 0.2) is 41.2 Å². The number of hydrogen-bond donors (Lipinski definition) is 1. The molecule has 198 valence electrons. The Morgan fingerprint density at radius 3 is 2.57 bits per heavy atom. The van der Waals surface area contributed by atoms with Crippen LogP contribution >= 0.6 is 0 Å². The second-order valence-electron chi connectivity index (χ2n) is 8.70. The number of nitrogens with zero attached hydrogens (tertiary/aromatic N) is 4. The van der Waals surface area contributed by atoms with Crippen molar-refractivity contribution >= 4 is 11.6 Å². The minimum absolute atomic E-state index is 0.0521. The van der Waals surface area contributed by atoms with Crippen LogP contribution in [0.2, 0.25) is 0 Å². The van der Waals surface area contributed by atoms with Crippen molar-refractivity contribution in [1.29, 1.82) is 0 Å². The van der Waals surface area contributed by atoms with Crippen molar-refractivity contribution in [3.05, 3.63) is 59.4 Å². The van der Waals surface area contributed by atoms with Crippen LogP contribution in [0.4, 0.5) is 36.4 Å². The number of rotatable bonds is 5. The van der Waals surface area contributed by atoms with Crippen LogP contribution in [-0.4, -0.2) is 38.5 Å². The molecule has 37 heavy (non-hydrogen) atoms. The van der Waals surface area contributed by atoms with Gasteiger partial charge in [0.2, 0.25) is 5.91 Å². The van der Waals surface area contributed by atoms with Gasteiger partial charge in [-0.1, -0.05) is 5.16 Å². The summed E-state index contributed by atoms with van der Waals surface area (Å²) in [5.41, 5.74) is -2.55. The molecule has 2 atom stereocenters. The number of likely N-dealkylation sites (tertiary alicyclic amines) is 1. The van der Waals surface area contributed by atoms with E-state index >= 15 is 0 Å². The maximum Gasteiger partial charge on any atom is 0.419 e. The summed E-state index contributed by atoms with van der Waals surface area (Å²) in [6.07, 6.45) is -6.86. The van der Waals surface area contributed by atoms with E-state index in [1.165, 1.54) is 0 Å². The van der Waals surface area contributed by atoms with Crippen LogP contribution in [-0.2, 0) is 23.7 Å². The zero-order valence-corrected chi connectivity index (χ0v) is 19.2. The van der Waals surface area contributed by atoms with Gasteiger partial charge in [-0.15, -0.1) is 0 Å². The molecule has 0 radical (unpaired) electrons. The number of benzene rings is 1. The molecule has 3 aromatic rings. The number of pyridine rings is 1. The first kappa shape index (κ1) is 26.5. The third-order valence-corrected chi connectivity index (χ3v) is 6.05. The van der Waals surface area contributed by atoms with Crippen molar-refractivity contribution < 1.29 is 40.1 Å². The largest absolute Gasteiger partial charge is 0.419 e. The van der Waals surface area contributed by atoms with E-state index in [9.17, 15) is 35.5 Å². The van der Waals surface area contributed by atoms with E-state index in [4.69, 9.17) is 4.52 Å². The minimum Gasteiger partial charge on any atom is -0.334 e. The van der Waals surface area contributed by atoms with Gasteiger partial charge >= 0.3 is 12.4 Å². The SMILES string of the molecule is C[C@H]1C[C@@H](C(=O)Nc2cncc(C(F)(F)F)c2)CCN1Cc1noc(-c2ccc(F)c(C(F)(F)F)c2)n1. The highest BCUT2D eigenvalue weighted by Crippen LogP contribution is 2.34. The molecule has 1 fully saturated rings. The van der Waals surface area contributed by atoms with E-state index in [0.29, 0.717) is 37.7 Å². The Morgan fingerprint density at radius 2 is 1.89 bits per heavy atom. The van der Waals surface area contributed by atoms with Gasteiger partial charge in [0.1, 0.15) is 5.82 Å². The van der Waals surface area contributed by atoms with E-state index in [-0.39, 0.29) is 35.6 Å². The van der Waals surface area contributed by atoms with Crippen molar-refractivity contribution in [2.45, 2.75) is 44.7 Å². The minimum atomic E-state index is -4.88. The third kappa shape index (κ3) is 6.24. The molecule has 0 aliphatic carbocycles. The summed E-state index contributed by atoms with van der Waals surface area (Å²) in [5, 5.41) is 6.28. The molecule has 0 saturated carbocycles. The zero-order valence-electron chi connectivity index (χ0n) is 19.2. The fraction of sp³-hybridized carbons (Fsp3) is 0.391. The summed E-state index contributed by atoms with van der Waals surface area (Å²) in [4.78, 5) is 22.2. The Bertz CT molecular complexity index is 1270. The highest BCUT2D eigenvalue weighted by Gasteiger charge is 2.35. The van der Waals surface area contributed by atoms with Gasteiger partial charge in [-0.3, -0.25) is 14.7 Å². The molecule has 1 saturated heterocycles. The molecule has 4 rings (SSSR count). The van der Waals surface area contributed by atoms with Gasteiger partial charge in [0.25, 0.3) is 5.89 Å². The topological polar surface area (TPSA) is 84.2 Å². The number of alkyl halides is 6. The highest BCUT2D eigenvalue weighted by molar-refractivity contribution is 5.92. The van der Waals surface area contributed by atoms with Crippen LogP contribution in [0.5, 0.6) is 0 Å². The molecule has 0 spiro atoms. The summed E-state index contributed by atoms with van der Waals surface area (Å²) < 4.78 is 96.2. The molecule has 7 nitrogen and oxygen atoms in total. The fourth-order valence-electron chi connectivity index (χ4n) is 4.09. The van der Waals surface area contributed by atoms with Crippen LogP contribution in [0.25, 0.3) is 11.5 Å². The molecule has 1 aliphatic rings. The summed E-state index contributed by atoms with van der Waals surface area (Å²) in [5.74, 6) is -2.30. The molecule has 2 aromatic heterocycles. The number of carbonyl (C=O) groups is 1. The molecule has 1 aliphatic heterocycles. The molecule has 1 N–H and O–H groups in total. The van der Waals surface area contributed by atoms with Gasteiger partial charge in [0, 0.05) is 23.7 Å². The first-order valence-corrected chi connectivity index (χ1v) is 11.1. The number of halogens is 7. The number of hydrogen-bond acceptors (Lipinski definition) is 6. The first-order valence-electron chi connectivity index (χ1n) is 11.1. The Hall–Kier alpha value is -3.55. The molecular formula is C23H20F7N5O2. The van der Waals surface area contributed by atoms with Gasteiger partial charge in [0.05, 0.1) is 29.6 Å². The molecule has 1 aromatic carbocycles. The number of carbonyl (C=O) groups excluding carboxylic acids is 1. The Kier molecular flexibility index (Phi) is 7.22. The summed E-state index contributed by atoms with van der Waals surface area (Å²) in [6, 6.07) is 3.05. The quantitative estimate of drug-likeness (QED) is 0.435. The van der Waals surface area contributed by atoms with Crippen molar-refractivity contribution in [1.82, 2.24) is 20.0 Å². The first-order chi connectivity index (χ1) is 17.3. The van der Waals surface area contributed by atoms with Crippen molar-refractivity contribution in [3.8, 4) is 11.5 Å². The monoisotopic (exact) mass is 531 g/mol. The molecular weight excluding hydrogens is 511 g/mol. The molecule has 0 unspecified atom stereocenters. The van der Waals surface area contributed by atoms with Gasteiger partial charge in [-0.25, -0.2) is 4.39 Å². The van der Waals surface area contributed by atoms with E-state index in [1.807, 2.05) is 11.8 Å². The molecule has 0 bridgehead atoms. The standard InChI is InChI=1S/C23H20F7N5O2/c1-12-6-13(20(36)32-16-8-15(9-31-10-16)22(25,26)27)4-5-35(12)11-19-33-21(37-34-19)14-2-3-18(24)17(7-14)23(28,29)30/h2-3,7-10,12-13H,4-6,11H2,1H3,(H,32,36)/t12-,13-/m0/s1. The number of aromatic nitrogens is 3. The van der Waals surface area contributed by atoms with Crippen LogP contribution < -0.4 is 5.32 Å². The van der Waals surface area contributed by atoms with Crippen molar-refractivity contribution in [2.75, 3.05) is 11.9 Å². The highest BCUT2D eigenvalue weighted by atomic mass is 19.4. The van der Waals surface area contributed by atoms with Gasteiger partial charge in [-0.05, 0) is 50.6 Å². The zero-order chi connectivity index (χ0) is 27.0. The normalized spacial score (nSPS) is 19.1. The lowest BCUT2D eigenvalue weighted by Crippen LogP contribution is -2.43. The number of amides is 1. The average Bonchev–Trinajstić information content (AvgIpc) is 3.28. The van der Waals surface area contributed by atoms with Crippen LogP contribution in [0.3, 0.4) is 0 Å². The predicted octanol–water partition coefficient (Wildman–Crippen LogP) is 5.55. The van der Waals surface area contributed by atoms with Crippen molar-refractivity contribution in [2.24, 2.45) is 5.92 Å². The lowest BCUT2D eigenvalue weighted by molar-refractivity contribution is -0.140. The lowest BCUT2D eigenvalue weighted by Gasteiger charge is -2.36. The van der Waals surface area contributed by atoms with E-state index in [2.05, 4.69) is 20.4 Å². The van der Waals surface area contributed by atoms with E-state index < -0.39 is 41.1 Å². The van der Waals surface area contributed by atoms with Crippen LogP contribution in [0.1, 0.15) is 36.7 Å². The average molecular weight is 531 g/mol. The second-order valence-corrected chi connectivity index (χ2v) is 8.70. The van der Waals surface area contributed by atoms with Gasteiger partial charge < -0.3 is 9.84 Å². The fourth-order valence-corrected chi connectivity index (χ4v) is 4.09. The number of nitrogens with one attached hydrogen (secondary N) is 1. The summed E-state index contributed by atoms with van der Waals surface area (Å²) >= 11 is 0. The summed E-state index contributed by atoms with van der Waals surface area (Å²) in [7, 11) is 0. The number of piperidine rings is 1. The smallest absolute Gasteiger partial charge is 0.334 e. The molecule has 14 heteroatoms. The maximum atomic E-state index is 13.5. The number of anilines is 1. The lowest BCUT2D eigenvalue weighted by atomic mass is 9.90. The maximum absolute atomic E-state index is 13.5. The Morgan fingerprint density at radius 1 is 1.14 bits per heavy atom. The Balaban J connectivity index is 1.37. The van der Waals surface area contributed by atoms with Gasteiger partial charge in [0.15, 0.2) is 5.82 Å².